The molecule has 0 saturated carbocycles. The van der Waals surface area contributed by atoms with Gasteiger partial charge in [0.1, 0.15) is 6.04 Å². The number of imide groups is 1. The zero-order valence-corrected chi connectivity index (χ0v) is 18.2. The summed E-state index contributed by atoms with van der Waals surface area (Å²) in [7, 11) is 1.52. The van der Waals surface area contributed by atoms with Gasteiger partial charge in [0.05, 0.1) is 11.1 Å². The number of fused-ring (bicyclic) bond motifs is 1. The molecule has 31 heavy (non-hydrogen) atoms. The predicted molar refractivity (Wildman–Crippen MR) is 117 cm³/mol. The summed E-state index contributed by atoms with van der Waals surface area (Å²) in [6, 6.07) is 13.1. The first kappa shape index (κ1) is 22.5. The summed E-state index contributed by atoms with van der Waals surface area (Å²) in [4.78, 5) is 52.7. The van der Waals surface area contributed by atoms with Gasteiger partial charge in [-0.1, -0.05) is 35.9 Å². The van der Waals surface area contributed by atoms with E-state index in [0.717, 1.165) is 5.56 Å². The molecule has 7 nitrogen and oxygen atoms in total. The molecule has 0 bridgehead atoms. The van der Waals surface area contributed by atoms with Crippen LogP contribution in [0.2, 0.25) is 5.02 Å². The summed E-state index contributed by atoms with van der Waals surface area (Å²) < 4.78 is 0. The number of nitrogens with zero attached hydrogens (tertiary/aromatic N) is 2. The van der Waals surface area contributed by atoms with Gasteiger partial charge in [0.25, 0.3) is 11.8 Å². The number of amides is 4. The van der Waals surface area contributed by atoms with E-state index in [1.807, 2.05) is 6.07 Å². The molecule has 1 heterocycles. The van der Waals surface area contributed by atoms with Crippen molar-refractivity contribution in [1.82, 2.24) is 15.1 Å². The lowest BCUT2D eigenvalue weighted by Crippen LogP contribution is -2.46. The summed E-state index contributed by atoms with van der Waals surface area (Å²) in [6.07, 6.45) is 0.395. The van der Waals surface area contributed by atoms with Crippen molar-refractivity contribution in [2.45, 2.75) is 32.4 Å². The van der Waals surface area contributed by atoms with Crippen molar-refractivity contribution in [3.8, 4) is 0 Å². The molecule has 1 aliphatic heterocycles. The summed E-state index contributed by atoms with van der Waals surface area (Å²) >= 11 is 6.05. The molecule has 1 N–H and O–H groups in total. The van der Waals surface area contributed by atoms with Crippen molar-refractivity contribution in [2.24, 2.45) is 0 Å². The SMILES string of the molecule is CNC(=O)C(C)N(Cc1cccc(Cl)c1)C(=O)CCCN1C(=O)c2ccccc2C1=O. The van der Waals surface area contributed by atoms with E-state index in [0.29, 0.717) is 22.6 Å². The molecule has 0 radical (unpaired) electrons. The number of nitrogens with one attached hydrogen (secondary N) is 1. The Morgan fingerprint density at radius 2 is 1.71 bits per heavy atom. The normalized spacial score (nSPS) is 13.7. The number of hydrogen-bond donors (Lipinski definition) is 1. The van der Waals surface area contributed by atoms with E-state index in [1.165, 1.54) is 16.8 Å². The molecule has 2 aromatic rings. The highest BCUT2D eigenvalue weighted by Gasteiger charge is 2.35. The van der Waals surface area contributed by atoms with Gasteiger partial charge in [-0.05, 0) is 43.2 Å². The molecular weight excluding hydrogens is 418 g/mol. The van der Waals surface area contributed by atoms with Gasteiger partial charge in [-0.3, -0.25) is 24.1 Å². The molecule has 0 aliphatic carbocycles. The van der Waals surface area contributed by atoms with Crippen LogP contribution in [0.1, 0.15) is 46.0 Å². The maximum Gasteiger partial charge on any atom is 0.261 e. The van der Waals surface area contributed by atoms with Crippen molar-refractivity contribution in [3.05, 3.63) is 70.2 Å². The summed E-state index contributed by atoms with van der Waals surface area (Å²) in [5.41, 5.74) is 1.57. The Balaban J connectivity index is 1.66. The van der Waals surface area contributed by atoms with Crippen LogP contribution in [0.15, 0.2) is 48.5 Å². The number of rotatable bonds is 8. The second-order valence-electron chi connectivity index (χ2n) is 7.35. The van der Waals surface area contributed by atoms with E-state index < -0.39 is 6.04 Å². The van der Waals surface area contributed by atoms with Crippen LogP contribution >= 0.6 is 11.6 Å². The first-order valence-electron chi connectivity index (χ1n) is 10.0. The van der Waals surface area contributed by atoms with Crippen LogP contribution in [0.4, 0.5) is 0 Å². The van der Waals surface area contributed by atoms with Crippen LogP contribution in [-0.4, -0.2) is 53.1 Å². The van der Waals surface area contributed by atoms with Gasteiger partial charge in [0, 0.05) is 31.6 Å². The molecule has 1 aliphatic rings. The fourth-order valence-electron chi connectivity index (χ4n) is 3.60. The van der Waals surface area contributed by atoms with Crippen LogP contribution in [0.5, 0.6) is 0 Å². The van der Waals surface area contributed by atoms with E-state index in [2.05, 4.69) is 5.32 Å². The summed E-state index contributed by atoms with van der Waals surface area (Å²) in [5.74, 6) is -1.21. The first-order valence-corrected chi connectivity index (χ1v) is 10.4. The smallest absolute Gasteiger partial charge is 0.261 e. The van der Waals surface area contributed by atoms with Crippen molar-refractivity contribution in [1.29, 1.82) is 0 Å². The third-order valence-corrected chi connectivity index (χ3v) is 5.54. The maximum atomic E-state index is 13.0. The summed E-state index contributed by atoms with van der Waals surface area (Å²) in [6.45, 7) is 2.02. The van der Waals surface area contributed by atoms with E-state index in [1.54, 1.807) is 49.4 Å². The van der Waals surface area contributed by atoms with E-state index in [-0.39, 0.29) is 43.1 Å². The van der Waals surface area contributed by atoms with Gasteiger partial charge < -0.3 is 10.2 Å². The lowest BCUT2D eigenvalue weighted by atomic mass is 10.1. The Hall–Kier alpha value is -3.19. The standard InChI is InChI=1S/C23H24ClN3O4/c1-15(21(29)25-2)27(14-16-7-5-8-17(24)13-16)20(28)11-6-12-26-22(30)18-9-3-4-10-19(18)23(26)31/h3-5,7-10,13,15H,6,11-12,14H2,1-2H3,(H,25,29). The Morgan fingerprint density at radius 1 is 1.06 bits per heavy atom. The zero-order chi connectivity index (χ0) is 22.5. The van der Waals surface area contributed by atoms with Crippen molar-refractivity contribution in [2.75, 3.05) is 13.6 Å². The molecule has 0 spiro atoms. The van der Waals surface area contributed by atoms with Crippen molar-refractivity contribution in [3.63, 3.8) is 0 Å². The van der Waals surface area contributed by atoms with Crippen molar-refractivity contribution >= 4 is 35.2 Å². The number of halogens is 1. The molecule has 4 amide bonds. The largest absolute Gasteiger partial charge is 0.357 e. The maximum absolute atomic E-state index is 13.0. The second kappa shape index (κ2) is 9.75. The third kappa shape index (κ3) is 4.94. The molecule has 0 saturated heterocycles. The summed E-state index contributed by atoms with van der Waals surface area (Å²) in [5, 5.41) is 3.11. The minimum atomic E-state index is -0.684. The van der Waals surface area contributed by atoms with E-state index in [9.17, 15) is 19.2 Å². The second-order valence-corrected chi connectivity index (χ2v) is 7.79. The monoisotopic (exact) mass is 441 g/mol. The number of hydrogen-bond acceptors (Lipinski definition) is 4. The molecule has 162 valence electrons. The Bertz CT molecular complexity index is 988. The Labute approximate surface area is 186 Å². The van der Waals surface area contributed by atoms with Crippen LogP contribution in [0.25, 0.3) is 0 Å². The van der Waals surface area contributed by atoms with E-state index >= 15 is 0 Å². The molecule has 0 aromatic heterocycles. The minimum Gasteiger partial charge on any atom is -0.357 e. The Morgan fingerprint density at radius 3 is 2.29 bits per heavy atom. The quantitative estimate of drug-likeness (QED) is 0.638. The molecular formula is C23H24ClN3O4. The first-order chi connectivity index (χ1) is 14.8. The molecule has 8 heteroatoms. The van der Waals surface area contributed by atoms with Crippen LogP contribution in [0.3, 0.4) is 0 Å². The van der Waals surface area contributed by atoms with Crippen molar-refractivity contribution < 1.29 is 19.2 Å². The number of carbonyl (C=O) groups is 4. The Kier molecular flexibility index (Phi) is 7.07. The molecule has 1 atom stereocenters. The predicted octanol–water partition coefficient (Wildman–Crippen LogP) is 2.88. The highest BCUT2D eigenvalue weighted by molar-refractivity contribution is 6.30. The van der Waals surface area contributed by atoms with Gasteiger partial charge in [0.2, 0.25) is 11.8 Å². The highest BCUT2D eigenvalue weighted by Crippen LogP contribution is 2.23. The number of carbonyl (C=O) groups excluding carboxylic acids is 4. The van der Waals surface area contributed by atoms with Crippen LogP contribution in [0, 0.1) is 0 Å². The lowest BCUT2D eigenvalue weighted by molar-refractivity contribution is -0.140. The van der Waals surface area contributed by atoms with Crippen LogP contribution < -0.4 is 5.32 Å². The van der Waals surface area contributed by atoms with Gasteiger partial charge in [-0.15, -0.1) is 0 Å². The fourth-order valence-corrected chi connectivity index (χ4v) is 3.81. The number of benzene rings is 2. The highest BCUT2D eigenvalue weighted by atomic mass is 35.5. The zero-order valence-electron chi connectivity index (χ0n) is 17.4. The molecule has 1 unspecified atom stereocenters. The van der Waals surface area contributed by atoms with Gasteiger partial charge in [0.15, 0.2) is 0 Å². The average Bonchev–Trinajstić information content (AvgIpc) is 3.01. The topological polar surface area (TPSA) is 86.8 Å². The number of likely N-dealkylation sites (N-methyl/N-ethyl adjacent to an activating group) is 1. The van der Waals surface area contributed by atoms with Gasteiger partial charge in [-0.25, -0.2) is 0 Å². The molecule has 0 fully saturated rings. The fraction of sp³-hybridized carbons (Fsp3) is 0.304. The molecule has 2 aromatic carbocycles. The van der Waals surface area contributed by atoms with Gasteiger partial charge >= 0.3 is 0 Å². The minimum absolute atomic E-state index is 0.0926. The van der Waals surface area contributed by atoms with E-state index in [4.69, 9.17) is 11.6 Å². The third-order valence-electron chi connectivity index (χ3n) is 5.31. The lowest BCUT2D eigenvalue weighted by Gasteiger charge is -2.28. The average molecular weight is 442 g/mol. The van der Waals surface area contributed by atoms with Crippen LogP contribution in [-0.2, 0) is 16.1 Å². The van der Waals surface area contributed by atoms with Gasteiger partial charge in [-0.2, -0.15) is 0 Å². The molecule has 3 rings (SSSR count).